The molecule has 1 saturated carbocycles. The summed E-state index contributed by atoms with van der Waals surface area (Å²) < 4.78 is 34.7. The zero-order chi connectivity index (χ0) is 8.48. The van der Waals surface area contributed by atoms with E-state index in [1.165, 1.54) is 0 Å². The van der Waals surface area contributed by atoms with Crippen molar-refractivity contribution >= 4 is 5.78 Å². The Hall–Kier alpha value is -0.540. The summed E-state index contributed by atoms with van der Waals surface area (Å²) in [5.74, 6) is -1.19. The summed E-state index contributed by atoms with van der Waals surface area (Å²) in [6.07, 6.45) is -2.54. The molecule has 1 fully saturated rings. The second kappa shape index (κ2) is 2.83. The third-order valence-corrected chi connectivity index (χ3v) is 1.79. The van der Waals surface area contributed by atoms with Crippen LogP contribution in [0.3, 0.4) is 0 Å². The van der Waals surface area contributed by atoms with Gasteiger partial charge in [-0.1, -0.05) is 12.8 Å². The highest BCUT2D eigenvalue weighted by Gasteiger charge is 2.38. The van der Waals surface area contributed by atoms with E-state index >= 15 is 0 Å². The largest absolute Gasteiger partial charge is 0.449 e. The summed E-state index contributed by atoms with van der Waals surface area (Å²) in [5, 5.41) is 0. The summed E-state index contributed by atoms with van der Waals surface area (Å²) in [6.45, 7) is 0. The van der Waals surface area contributed by atoms with Crippen molar-refractivity contribution in [1.82, 2.24) is 0 Å². The molecule has 0 unspecified atom stereocenters. The summed E-state index contributed by atoms with van der Waals surface area (Å²) in [7, 11) is 0. The molecule has 0 heterocycles. The van der Waals surface area contributed by atoms with Gasteiger partial charge in [0.05, 0.1) is 0 Å². The topological polar surface area (TPSA) is 17.1 Å². The van der Waals surface area contributed by atoms with E-state index in [0.29, 0.717) is 12.3 Å². The fourth-order valence-electron chi connectivity index (χ4n) is 0.883. The van der Waals surface area contributed by atoms with E-state index in [1.54, 1.807) is 0 Å². The third-order valence-electron chi connectivity index (χ3n) is 1.79. The van der Waals surface area contributed by atoms with Gasteiger partial charge in [-0.3, -0.25) is 4.79 Å². The molecule has 1 nitrogen and oxygen atoms in total. The van der Waals surface area contributed by atoms with Crippen molar-refractivity contribution in [3.8, 4) is 0 Å². The SMILES string of the molecule is O=C(CCC1CC1)C(F)(F)F. The van der Waals surface area contributed by atoms with E-state index in [2.05, 4.69) is 0 Å². The maximum atomic E-state index is 11.6. The van der Waals surface area contributed by atoms with Gasteiger partial charge in [-0.2, -0.15) is 13.2 Å². The van der Waals surface area contributed by atoms with Crippen molar-refractivity contribution in [3.63, 3.8) is 0 Å². The predicted octanol–water partition coefficient (Wildman–Crippen LogP) is 2.31. The number of Topliss-reactive ketones (excluding diaryl/α,β-unsaturated/α-hetero) is 1. The van der Waals surface area contributed by atoms with E-state index in [9.17, 15) is 18.0 Å². The van der Waals surface area contributed by atoms with Gasteiger partial charge in [0.1, 0.15) is 0 Å². The highest BCUT2D eigenvalue weighted by molar-refractivity contribution is 5.83. The Morgan fingerprint density at radius 1 is 1.36 bits per heavy atom. The molecule has 4 heteroatoms. The average molecular weight is 166 g/mol. The van der Waals surface area contributed by atoms with Gasteiger partial charge in [-0.15, -0.1) is 0 Å². The van der Waals surface area contributed by atoms with Crippen LogP contribution in [0.25, 0.3) is 0 Å². The minimum atomic E-state index is -4.62. The van der Waals surface area contributed by atoms with Crippen LogP contribution in [0, 0.1) is 5.92 Å². The molecule has 1 aliphatic carbocycles. The maximum absolute atomic E-state index is 11.6. The lowest BCUT2D eigenvalue weighted by Crippen LogP contribution is -2.22. The molecule has 0 aromatic rings. The van der Waals surface area contributed by atoms with Gasteiger partial charge in [0.25, 0.3) is 0 Å². The number of hydrogen-bond donors (Lipinski definition) is 0. The first-order valence-corrected chi connectivity index (χ1v) is 3.60. The van der Waals surface area contributed by atoms with E-state index < -0.39 is 12.0 Å². The van der Waals surface area contributed by atoms with Gasteiger partial charge in [-0.05, 0) is 12.3 Å². The molecule has 0 spiro atoms. The van der Waals surface area contributed by atoms with Crippen LogP contribution in [0.15, 0.2) is 0 Å². The number of carbonyl (C=O) groups excluding carboxylic acids is 1. The van der Waals surface area contributed by atoms with Crippen LogP contribution in [-0.2, 0) is 4.79 Å². The molecule has 1 aliphatic rings. The molecule has 0 N–H and O–H groups in total. The van der Waals surface area contributed by atoms with Crippen molar-refractivity contribution in [2.75, 3.05) is 0 Å². The zero-order valence-corrected chi connectivity index (χ0v) is 5.95. The second-order valence-corrected chi connectivity index (χ2v) is 2.90. The van der Waals surface area contributed by atoms with Gasteiger partial charge in [0, 0.05) is 6.42 Å². The Morgan fingerprint density at radius 3 is 2.27 bits per heavy atom. The average Bonchev–Trinajstić information content (AvgIpc) is 2.62. The lowest BCUT2D eigenvalue weighted by molar-refractivity contribution is -0.171. The zero-order valence-electron chi connectivity index (χ0n) is 5.95. The molecule has 64 valence electrons. The summed E-state index contributed by atoms with van der Waals surface area (Å²) in [5.41, 5.74) is 0. The number of carbonyl (C=O) groups is 1. The fourth-order valence-corrected chi connectivity index (χ4v) is 0.883. The molecule has 0 aromatic carbocycles. The van der Waals surface area contributed by atoms with Crippen LogP contribution in [0.4, 0.5) is 13.2 Å². The van der Waals surface area contributed by atoms with Crippen LogP contribution < -0.4 is 0 Å². The van der Waals surface area contributed by atoms with Gasteiger partial charge in [-0.25, -0.2) is 0 Å². The first-order valence-electron chi connectivity index (χ1n) is 3.60. The molecule has 0 saturated heterocycles. The highest BCUT2D eigenvalue weighted by atomic mass is 19.4. The van der Waals surface area contributed by atoms with Crippen molar-refractivity contribution in [2.45, 2.75) is 31.9 Å². The lowest BCUT2D eigenvalue weighted by atomic mass is 10.1. The number of halogens is 3. The monoisotopic (exact) mass is 166 g/mol. The van der Waals surface area contributed by atoms with E-state index in [-0.39, 0.29) is 6.42 Å². The normalized spacial score (nSPS) is 18.5. The molecular weight excluding hydrogens is 157 g/mol. The van der Waals surface area contributed by atoms with E-state index in [1.807, 2.05) is 0 Å². The quantitative estimate of drug-likeness (QED) is 0.628. The summed E-state index contributed by atoms with van der Waals surface area (Å²) in [4.78, 5) is 10.3. The minimum absolute atomic E-state index is 0.325. The highest BCUT2D eigenvalue weighted by Crippen LogP contribution is 2.34. The molecule has 0 atom stereocenters. The molecule has 1 rings (SSSR count). The van der Waals surface area contributed by atoms with Gasteiger partial charge in [0.15, 0.2) is 0 Å². The van der Waals surface area contributed by atoms with Gasteiger partial charge >= 0.3 is 6.18 Å². The molecule has 11 heavy (non-hydrogen) atoms. The van der Waals surface area contributed by atoms with Crippen molar-refractivity contribution < 1.29 is 18.0 Å². The number of alkyl halides is 3. The Balaban J connectivity index is 2.19. The Morgan fingerprint density at radius 2 is 1.91 bits per heavy atom. The van der Waals surface area contributed by atoms with Crippen molar-refractivity contribution in [2.24, 2.45) is 5.92 Å². The fraction of sp³-hybridized carbons (Fsp3) is 0.857. The smallest absolute Gasteiger partial charge is 0.290 e. The van der Waals surface area contributed by atoms with Crippen LogP contribution >= 0.6 is 0 Å². The Kier molecular flexibility index (Phi) is 2.20. The molecular formula is C7H9F3O. The molecule has 0 bridgehead atoms. The minimum Gasteiger partial charge on any atom is -0.290 e. The third kappa shape index (κ3) is 2.91. The number of ketones is 1. The first-order chi connectivity index (χ1) is 5.00. The molecule has 0 aliphatic heterocycles. The van der Waals surface area contributed by atoms with Gasteiger partial charge in [0.2, 0.25) is 5.78 Å². The second-order valence-electron chi connectivity index (χ2n) is 2.90. The van der Waals surface area contributed by atoms with Crippen LogP contribution in [-0.4, -0.2) is 12.0 Å². The van der Waals surface area contributed by atoms with Crippen LogP contribution in [0.2, 0.25) is 0 Å². The Labute approximate surface area is 62.6 Å². The van der Waals surface area contributed by atoms with Crippen LogP contribution in [0.1, 0.15) is 25.7 Å². The van der Waals surface area contributed by atoms with Gasteiger partial charge < -0.3 is 0 Å². The van der Waals surface area contributed by atoms with E-state index in [4.69, 9.17) is 0 Å². The Bertz CT molecular complexity index is 158. The molecule has 0 radical (unpaired) electrons. The summed E-state index contributed by atoms with van der Waals surface area (Å²) >= 11 is 0. The molecule has 0 amide bonds. The number of rotatable bonds is 3. The lowest BCUT2D eigenvalue weighted by Gasteiger charge is -2.02. The summed E-state index contributed by atoms with van der Waals surface area (Å²) in [6, 6.07) is 0. The molecule has 0 aromatic heterocycles. The van der Waals surface area contributed by atoms with Crippen molar-refractivity contribution in [3.05, 3.63) is 0 Å². The van der Waals surface area contributed by atoms with Crippen LogP contribution in [0.5, 0.6) is 0 Å². The maximum Gasteiger partial charge on any atom is 0.449 e. The number of hydrogen-bond acceptors (Lipinski definition) is 1. The standard InChI is InChI=1S/C7H9F3O/c8-7(9,10)6(11)4-3-5-1-2-5/h5H,1-4H2. The first kappa shape index (κ1) is 8.56. The van der Waals surface area contributed by atoms with E-state index in [0.717, 1.165) is 12.8 Å². The van der Waals surface area contributed by atoms with Crippen molar-refractivity contribution in [1.29, 1.82) is 0 Å². The predicted molar refractivity (Wildman–Crippen MR) is 33.0 cm³/mol.